The maximum absolute atomic E-state index is 11.2. The summed E-state index contributed by atoms with van der Waals surface area (Å²) in [6, 6.07) is 0. The summed E-state index contributed by atoms with van der Waals surface area (Å²) in [7, 11) is -3.20. The predicted molar refractivity (Wildman–Crippen MR) is 83.2 cm³/mol. The first-order valence-corrected chi connectivity index (χ1v) is 9.23. The maximum atomic E-state index is 11.2. The molecule has 0 atom stereocenters. The molecule has 0 aliphatic rings. The Labute approximate surface area is 129 Å². The van der Waals surface area contributed by atoms with Crippen LogP contribution in [0.2, 0.25) is 0 Å². The van der Waals surface area contributed by atoms with Crippen LogP contribution in [-0.2, 0) is 29.5 Å². The van der Waals surface area contributed by atoms with Gasteiger partial charge in [-0.3, -0.25) is 0 Å². The highest BCUT2D eigenvalue weighted by atomic mass is 35.5. The second-order valence-electron chi connectivity index (χ2n) is 4.86. The van der Waals surface area contributed by atoms with Crippen molar-refractivity contribution in [2.75, 3.05) is 18.7 Å². The van der Waals surface area contributed by atoms with Gasteiger partial charge in [0.2, 0.25) is 10.0 Å². The summed E-state index contributed by atoms with van der Waals surface area (Å²) < 4.78 is 28.8. The number of nitrogens with zero attached hydrogens (tertiary/aromatic N) is 4. The molecule has 0 saturated heterocycles. The van der Waals surface area contributed by atoms with Gasteiger partial charge < -0.3 is 4.57 Å². The van der Waals surface area contributed by atoms with E-state index in [0.29, 0.717) is 25.4 Å². The van der Waals surface area contributed by atoms with E-state index in [0.717, 1.165) is 35.5 Å². The first kappa shape index (κ1) is 16.3. The molecule has 0 radical (unpaired) electrons. The van der Waals surface area contributed by atoms with Crippen molar-refractivity contribution in [2.45, 2.75) is 33.4 Å². The number of aryl methyl sites for hydroxylation is 3. The number of hydrogen-bond acceptors (Lipinski definition) is 4. The van der Waals surface area contributed by atoms with Crippen LogP contribution in [0.15, 0.2) is 0 Å². The lowest BCUT2D eigenvalue weighted by Crippen LogP contribution is -2.27. The van der Waals surface area contributed by atoms with E-state index in [4.69, 9.17) is 11.6 Å². The van der Waals surface area contributed by atoms with Crippen LogP contribution < -0.4 is 4.72 Å². The first-order valence-electron chi connectivity index (χ1n) is 6.80. The average Bonchev–Trinajstić information content (AvgIpc) is 2.88. The third kappa shape index (κ3) is 3.56. The minimum Gasteiger partial charge on any atom is -0.312 e. The minimum absolute atomic E-state index is 0.313. The van der Waals surface area contributed by atoms with Gasteiger partial charge in [0.05, 0.1) is 11.9 Å². The highest BCUT2D eigenvalue weighted by Gasteiger charge is 2.17. The highest BCUT2D eigenvalue weighted by molar-refractivity contribution is 7.88. The lowest BCUT2D eigenvalue weighted by molar-refractivity contribution is 0.571. The van der Waals surface area contributed by atoms with E-state index in [1.807, 2.05) is 23.1 Å². The fourth-order valence-corrected chi connectivity index (χ4v) is 2.97. The van der Waals surface area contributed by atoms with Crippen LogP contribution in [0.25, 0.3) is 11.2 Å². The quantitative estimate of drug-likeness (QED) is 0.763. The van der Waals surface area contributed by atoms with Gasteiger partial charge in [-0.2, -0.15) is 5.10 Å². The Morgan fingerprint density at radius 1 is 1.38 bits per heavy atom. The van der Waals surface area contributed by atoms with Crippen molar-refractivity contribution < 1.29 is 8.42 Å². The first-order chi connectivity index (χ1) is 9.87. The Hall–Kier alpha value is -1.12. The number of aromatic nitrogens is 4. The molecule has 9 heteroatoms. The Balaban J connectivity index is 2.39. The Bertz CT molecular complexity index is 734. The van der Waals surface area contributed by atoms with Gasteiger partial charge in [0.1, 0.15) is 11.3 Å². The Morgan fingerprint density at radius 3 is 2.67 bits per heavy atom. The molecule has 0 fully saturated rings. The van der Waals surface area contributed by atoms with Crippen molar-refractivity contribution in [3.05, 3.63) is 11.5 Å². The molecule has 2 aromatic heterocycles. The molecule has 0 bridgehead atoms. The van der Waals surface area contributed by atoms with Gasteiger partial charge in [-0.05, 0) is 13.8 Å². The van der Waals surface area contributed by atoms with Crippen LogP contribution >= 0.6 is 11.6 Å². The van der Waals surface area contributed by atoms with Gasteiger partial charge in [-0.25, -0.2) is 22.8 Å². The summed E-state index contributed by atoms with van der Waals surface area (Å²) >= 11 is 5.84. The smallest absolute Gasteiger partial charge is 0.208 e. The third-order valence-corrected chi connectivity index (χ3v) is 4.11. The van der Waals surface area contributed by atoms with Gasteiger partial charge >= 0.3 is 0 Å². The zero-order chi connectivity index (χ0) is 15.6. The molecule has 0 saturated carbocycles. The largest absolute Gasteiger partial charge is 0.312 e. The van der Waals surface area contributed by atoms with Gasteiger partial charge in [0, 0.05) is 31.9 Å². The molecule has 2 aromatic rings. The van der Waals surface area contributed by atoms with Gasteiger partial charge in [0.15, 0.2) is 5.65 Å². The van der Waals surface area contributed by atoms with Gasteiger partial charge in [-0.1, -0.05) is 0 Å². The van der Waals surface area contributed by atoms with Crippen molar-refractivity contribution in [1.29, 1.82) is 0 Å². The fourth-order valence-electron chi connectivity index (χ4n) is 2.34. The van der Waals surface area contributed by atoms with Crippen molar-refractivity contribution in [3.63, 3.8) is 0 Å². The fraction of sp³-hybridized carbons (Fsp3) is 0.667. The Kier molecular flexibility index (Phi) is 4.90. The molecule has 0 aliphatic heterocycles. The van der Waals surface area contributed by atoms with E-state index in [1.165, 1.54) is 0 Å². The number of hydrogen-bond donors (Lipinski definition) is 1. The van der Waals surface area contributed by atoms with Crippen LogP contribution in [0.1, 0.15) is 18.4 Å². The lowest BCUT2D eigenvalue weighted by Gasteiger charge is -2.10. The summed E-state index contributed by atoms with van der Waals surface area (Å²) in [4.78, 5) is 4.60. The normalized spacial score (nSPS) is 12.4. The Morgan fingerprint density at radius 2 is 2.10 bits per heavy atom. The molecule has 0 unspecified atom stereocenters. The van der Waals surface area contributed by atoms with Crippen LogP contribution in [0.4, 0.5) is 0 Å². The zero-order valence-corrected chi connectivity index (χ0v) is 14.0. The molecule has 0 spiro atoms. The number of fused-ring (bicyclic) bond motifs is 1. The second kappa shape index (κ2) is 6.33. The molecule has 118 valence electrons. The summed E-state index contributed by atoms with van der Waals surface area (Å²) in [6.45, 7) is 5.48. The molecule has 0 aromatic carbocycles. The minimum atomic E-state index is -3.20. The maximum Gasteiger partial charge on any atom is 0.208 e. The molecule has 1 N–H and O–H groups in total. The summed E-state index contributed by atoms with van der Waals surface area (Å²) in [5.74, 6) is 1.33. The molecular formula is C12H20ClN5O2S. The van der Waals surface area contributed by atoms with E-state index in [1.54, 1.807) is 0 Å². The number of alkyl halides is 1. The second-order valence-corrected chi connectivity index (χ2v) is 7.07. The summed E-state index contributed by atoms with van der Waals surface area (Å²) in [5, 5.41) is 4.45. The predicted octanol–water partition coefficient (Wildman–Crippen LogP) is 0.892. The monoisotopic (exact) mass is 333 g/mol. The van der Waals surface area contributed by atoms with E-state index in [-0.39, 0.29) is 0 Å². The molecule has 0 amide bonds. The van der Waals surface area contributed by atoms with Gasteiger partial charge in [0.25, 0.3) is 0 Å². The standard InChI is InChI=1S/C12H20ClN5O2S/c1-4-18-12-11(9(2)16-18)15-10(5-6-13)17(12)8-7-14-21(3,19)20/h14H,4-8H2,1-3H3. The van der Waals surface area contributed by atoms with Crippen molar-refractivity contribution in [1.82, 2.24) is 24.1 Å². The highest BCUT2D eigenvalue weighted by Crippen LogP contribution is 2.20. The van der Waals surface area contributed by atoms with E-state index >= 15 is 0 Å². The topological polar surface area (TPSA) is 81.8 Å². The summed E-state index contributed by atoms with van der Waals surface area (Å²) in [6.07, 6.45) is 1.79. The molecule has 2 heterocycles. The molecular weight excluding hydrogens is 314 g/mol. The zero-order valence-electron chi connectivity index (χ0n) is 12.4. The van der Waals surface area contributed by atoms with Crippen LogP contribution in [-0.4, -0.2) is 46.4 Å². The molecule has 0 aliphatic carbocycles. The van der Waals surface area contributed by atoms with Crippen LogP contribution in [0.3, 0.4) is 0 Å². The SMILES string of the molecule is CCn1nc(C)c2nc(CCCl)n(CCNS(C)(=O)=O)c21. The average molecular weight is 334 g/mol. The molecule has 2 rings (SSSR count). The van der Waals surface area contributed by atoms with Crippen LogP contribution in [0.5, 0.6) is 0 Å². The number of imidazole rings is 1. The number of halogens is 1. The van der Waals surface area contributed by atoms with E-state index in [9.17, 15) is 8.42 Å². The molecule has 7 nitrogen and oxygen atoms in total. The molecule has 21 heavy (non-hydrogen) atoms. The number of sulfonamides is 1. The number of nitrogens with one attached hydrogen (secondary N) is 1. The van der Waals surface area contributed by atoms with Gasteiger partial charge in [-0.15, -0.1) is 11.6 Å². The third-order valence-electron chi connectivity index (χ3n) is 3.20. The van der Waals surface area contributed by atoms with E-state index < -0.39 is 10.0 Å². The van der Waals surface area contributed by atoms with Crippen molar-refractivity contribution >= 4 is 32.8 Å². The van der Waals surface area contributed by atoms with Crippen molar-refractivity contribution in [3.8, 4) is 0 Å². The number of rotatable bonds is 7. The lowest BCUT2D eigenvalue weighted by atomic mass is 10.4. The van der Waals surface area contributed by atoms with Crippen molar-refractivity contribution in [2.24, 2.45) is 0 Å². The van der Waals surface area contributed by atoms with E-state index in [2.05, 4.69) is 14.8 Å². The summed E-state index contributed by atoms with van der Waals surface area (Å²) in [5.41, 5.74) is 2.65. The van der Waals surface area contributed by atoms with Crippen LogP contribution in [0, 0.1) is 6.92 Å².